The molecule has 9 rings (SSSR count). The van der Waals surface area contributed by atoms with Gasteiger partial charge in [0.25, 0.3) is 0 Å². The van der Waals surface area contributed by atoms with Gasteiger partial charge in [0.15, 0.2) is 0 Å². The van der Waals surface area contributed by atoms with Gasteiger partial charge in [-0.1, -0.05) is 115 Å². The van der Waals surface area contributed by atoms with Crippen LogP contribution in [0.1, 0.15) is 12.6 Å². The summed E-state index contributed by atoms with van der Waals surface area (Å²) in [5.74, 6) is 0.599. The molecule has 0 unspecified atom stereocenters. The summed E-state index contributed by atoms with van der Waals surface area (Å²) >= 11 is 1.86. The number of hydrogen-bond acceptors (Lipinski definition) is 4. The molecule has 0 aliphatic carbocycles. The molecule has 47 heavy (non-hydrogen) atoms. The molecule has 3 aromatic heterocycles. The lowest BCUT2D eigenvalue weighted by atomic mass is 10.00. The van der Waals surface area contributed by atoms with Crippen molar-refractivity contribution in [2.24, 2.45) is 4.99 Å². The van der Waals surface area contributed by atoms with E-state index < -0.39 is 0 Å². The van der Waals surface area contributed by atoms with Crippen LogP contribution in [0.3, 0.4) is 0 Å². The maximum atomic E-state index is 5.35. The Hall–Kier alpha value is -5.91. The second-order valence-corrected chi connectivity index (χ2v) is 12.7. The summed E-state index contributed by atoms with van der Waals surface area (Å²) in [6, 6.07) is 45.0. The lowest BCUT2D eigenvalue weighted by molar-refractivity contribution is 0.987. The number of para-hydroxylation sites is 1. The number of rotatable bonds is 5. The monoisotopic (exact) mass is 620 g/mol. The first-order chi connectivity index (χ1) is 23.2. The number of fused-ring (bicyclic) bond motifs is 10. The molecule has 222 valence electrons. The van der Waals surface area contributed by atoms with Crippen molar-refractivity contribution in [2.75, 3.05) is 0 Å². The predicted molar refractivity (Wildman–Crippen MR) is 202 cm³/mol. The highest BCUT2D eigenvalue weighted by Gasteiger charge is 2.24. The fourth-order valence-corrected chi connectivity index (χ4v) is 8.27. The zero-order valence-corrected chi connectivity index (χ0v) is 26.5. The summed E-state index contributed by atoms with van der Waals surface area (Å²) in [6.45, 7) is 5.96. The van der Waals surface area contributed by atoms with Gasteiger partial charge in [0, 0.05) is 41.9 Å². The van der Waals surface area contributed by atoms with Crippen LogP contribution in [-0.2, 0) is 0 Å². The average Bonchev–Trinajstić information content (AvgIpc) is 3.69. The first-order valence-electron chi connectivity index (χ1n) is 15.7. The highest BCUT2D eigenvalue weighted by atomic mass is 32.1. The van der Waals surface area contributed by atoms with Crippen LogP contribution in [0.15, 0.2) is 138 Å². The summed E-state index contributed by atoms with van der Waals surface area (Å²) in [6.07, 6.45) is 3.99. The normalized spacial score (nSPS) is 11.9. The smallest absolute Gasteiger partial charge is 0.235 e. The van der Waals surface area contributed by atoms with Gasteiger partial charge in [-0.2, -0.15) is 0 Å². The lowest BCUT2D eigenvalue weighted by Gasteiger charge is -2.14. The van der Waals surface area contributed by atoms with Gasteiger partial charge >= 0.3 is 0 Å². The molecule has 0 radical (unpaired) electrons. The molecular weight excluding hydrogens is 593 g/mol. The second-order valence-electron chi connectivity index (χ2n) is 11.6. The van der Waals surface area contributed by atoms with E-state index in [9.17, 15) is 0 Å². The lowest BCUT2D eigenvalue weighted by Crippen LogP contribution is -2.05. The third-order valence-corrected chi connectivity index (χ3v) is 10.2. The SMILES string of the molecule is C=Nc1c(/C=C\C)nc(-n2c3ccccc3c3c4sc5ccccc5c4c4ccccc4c32)nc1-c1cccc(-c2ccccc2)c1. The Morgan fingerprint density at radius 3 is 2.15 bits per heavy atom. The highest BCUT2D eigenvalue weighted by molar-refractivity contribution is 7.27. The number of benzene rings is 6. The molecule has 0 bridgehead atoms. The molecule has 4 nitrogen and oxygen atoms in total. The van der Waals surface area contributed by atoms with Gasteiger partial charge in [0.2, 0.25) is 5.95 Å². The zero-order valence-electron chi connectivity index (χ0n) is 25.7. The number of nitrogens with zero attached hydrogens (tertiary/aromatic N) is 4. The summed E-state index contributed by atoms with van der Waals surface area (Å²) in [4.78, 5) is 15.1. The molecule has 6 aromatic carbocycles. The van der Waals surface area contributed by atoms with Gasteiger partial charge in [-0.05, 0) is 54.4 Å². The molecular formula is C42H28N4S. The Morgan fingerprint density at radius 2 is 1.34 bits per heavy atom. The summed E-state index contributed by atoms with van der Waals surface area (Å²) in [5, 5.41) is 7.40. The minimum absolute atomic E-state index is 0.599. The standard InChI is InChI=1S/C42H28N4S/c1-3-14-33-39(43-2)38(28-18-13-17-27(25-28)26-15-5-4-6-16-26)45-42(44-33)46-34-23-11-9-21-31(34)37-40(46)30-20-8-7-19-29(30)36-32-22-10-12-24-35(32)47-41(36)37/h3-25H,2H2,1H3/b14-3-. The van der Waals surface area contributed by atoms with Crippen molar-refractivity contribution >= 4 is 82.6 Å². The molecule has 0 fully saturated rings. The van der Waals surface area contributed by atoms with Crippen molar-refractivity contribution in [3.05, 3.63) is 139 Å². The predicted octanol–water partition coefficient (Wildman–Crippen LogP) is 11.8. The number of aliphatic imine (C=N–C) groups is 1. The molecule has 0 saturated carbocycles. The minimum Gasteiger partial charge on any atom is -0.277 e. The molecule has 0 spiro atoms. The molecule has 0 atom stereocenters. The number of hydrogen-bond donors (Lipinski definition) is 0. The molecule has 0 aliphatic rings. The van der Waals surface area contributed by atoms with E-state index in [1.165, 1.54) is 41.7 Å². The van der Waals surface area contributed by atoms with Gasteiger partial charge < -0.3 is 0 Å². The van der Waals surface area contributed by atoms with Crippen LogP contribution in [0, 0.1) is 0 Å². The van der Waals surface area contributed by atoms with E-state index in [2.05, 4.69) is 138 Å². The van der Waals surface area contributed by atoms with Crippen LogP contribution >= 0.6 is 11.3 Å². The summed E-state index contributed by atoms with van der Waals surface area (Å²) in [5.41, 5.74) is 7.52. The molecule has 0 amide bonds. The van der Waals surface area contributed by atoms with Crippen molar-refractivity contribution in [1.82, 2.24) is 14.5 Å². The van der Waals surface area contributed by atoms with Crippen molar-refractivity contribution in [1.29, 1.82) is 0 Å². The van der Waals surface area contributed by atoms with Crippen LogP contribution in [-0.4, -0.2) is 21.3 Å². The Labute approximate surface area is 275 Å². The average molecular weight is 621 g/mol. The quantitative estimate of drug-likeness (QED) is 0.180. The van der Waals surface area contributed by atoms with Crippen LogP contribution in [0.25, 0.3) is 87.2 Å². The Bertz CT molecular complexity index is 2710. The van der Waals surface area contributed by atoms with Crippen LogP contribution in [0.2, 0.25) is 0 Å². The van der Waals surface area contributed by atoms with Crippen molar-refractivity contribution in [2.45, 2.75) is 6.92 Å². The van der Waals surface area contributed by atoms with Crippen LogP contribution < -0.4 is 0 Å². The number of thiophene rings is 1. The third kappa shape index (κ3) is 4.17. The molecule has 5 heteroatoms. The minimum atomic E-state index is 0.599. The topological polar surface area (TPSA) is 43.1 Å². The second kappa shape index (κ2) is 10.9. The number of aromatic nitrogens is 3. The highest BCUT2D eigenvalue weighted by Crippen LogP contribution is 2.48. The maximum Gasteiger partial charge on any atom is 0.235 e. The Morgan fingerprint density at radius 1 is 0.660 bits per heavy atom. The van der Waals surface area contributed by atoms with Gasteiger partial charge in [-0.15, -0.1) is 11.3 Å². The van der Waals surface area contributed by atoms with E-state index in [1.54, 1.807) is 0 Å². The Kier molecular flexibility index (Phi) is 6.33. The first kappa shape index (κ1) is 27.4. The first-order valence-corrected chi connectivity index (χ1v) is 16.5. The van der Waals surface area contributed by atoms with Gasteiger partial charge in [0.1, 0.15) is 11.4 Å². The van der Waals surface area contributed by atoms with E-state index in [-0.39, 0.29) is 0 Å². The van der Waals surface area contributed by atoms with E-state index in [1.807, 2.05) is 36.5 Å². The van der Waals surface area contributed by atoms with E-state index in [0.717, 1.165) is 39.1 Å². The van der Waals surface area contributed by atoms with Crippen molar-refractivity contribution in [3.8, 4) is 28.3 Å². The zero-order chi connectivity index (χ0) is 31.5. The molecule has 3 heterocycles. The molecule has 9 aromatic rings. The summed E-state index contributed by atoms with van der Waals surface area (Å²) < 4.78 is 4.82. The summed E-state index contributed by atoms with van der Waals surface area (Å²) in [7, 11) is 0. The van der Waals surface area contributed by atoms with E-state index >= 15 is 0 Å². The molecule has 0 aliphatic heterocycles. The third-order valence-electron chi connectivity index (χ3n) is 8.97. The Balaban J connectivity index is 1.43. The van der Waals surface area contributed by atoms with Crippen LogP contribution in [0.4, 0.5) is 5.69 Å². The van der Waals surface area contributed by atoms with Crippen molar-refractivity contribution < 1.29 is 0 Å². The maximum absolute atomic E-state index is 5.35. The largest absolute Gasteiger partial charge is 0.277 e. The van der Waals surface area contributed by atoms with Crippen molar-refractivity contribution in [3.63, 3.8) is 0 Å². The van der Waals surface area contributed by atoms with E-state index in [0.29, 0.717) is 11.6 Å². The van der Waals surface area contributed by atoms with Crippen LogP contribution in [0.5, 0.6) is 0 Å². The fourth-order valence-electron chi connectivity index (χ4n) is 7.00. The van der Waals surface area contributed by atoms with Gasteiger partial charge in [0.05, 0.1) is 16.7 Å². The van der Waals surface area contributed by atoms with Gasteiger partial charge in [-0.3, -0.25) is 9.56 Å². The molecule has 0 saturated heterocycles. The van der Waals surface area contributed by atoms with Gasteiger partial charge in [-0.25, -0.2) is 9.97 Å². The molecule has 0 N–H and O–H groups in total. The number of allylic oxidation sites excluding steroid dienone is 1. The fraction of sp³-hybridized carbons (Fsp3) is 0.0238. The van der Waals surface area contributed by atoms with E-state index in [4.69, 9.17) is 9.97 Å².